The number of hydrogen-bond acceptors (Lipinski definition) is 8. The first-order valence-electron chi connectivity index (χ1n) is 17.4. The number of rotatable bonds is 20. The Morgan fingerprint density at radius 3 is 2.02 bits per heavy atom. The van der Waals surface area contributed by atoms with Crippen LogP contribution in [0.15, 0.2) is 60.7 Å². The molecule has 0 radical (unpaired) electrons. The molecule has 0 bridgehead atoms. The molecule has 5 atom stereocenters. The highest BCUT2D eigenvalue weighted by atomic mass is 32.2. The van der Waals surface area contributed by atoms with Crippen LogP contribution in [0, 0.1) is 5.92 Å². The van der Waals surface area contributed by atoms with Crippen LogP contribution in [0.3, 0.4) is 0 Å². The molecule has 14 nitrogen and oxygen atoms in total. The van der Waals surface area contributed by atoms with Gasteiger partial charge < -0.3 is 37.2 Å². The molecule has 2 aromatic carbocycles. The van der Waals surface area contributed by atoms with E-state index in [9.17, 15) is 33.6 Å². The van der Waals surface area contributed by atoms with E-state index in [1.807, 2.05) is 68.6 Å². The Kier molecular flexibility index (Phi) is 16.6. The molecule has 0 spiro atoms. The molecule has 15 heteroatoms. The normalized spacial score (nSPS) is 16.1. The van der Waals surface area contributed by atoms with Gasteiger partial charge in [0.15, 0.2) is 0 Å². The molecule has 2 aromatic rings. The van der Waals surface area contributed by atoms with Crippen LogP contribution in [0.4, 0.5) is 0 Å². The van der Waals surface area contributed by atoms with Gasteiger partial charge in [0.25, 0.3) is 0 Å². The highest BCUT2D eigenvalue weighted by Gasteiger charge is 2.35. The van der Waals surface area contributed by atoms with E-state index in [0.717, 1.165) is 11.1 Å². The minimum atomic E-state index is -1.09. The number of primary amides is 1. The second-order valence-corrected chi connectivity index (χ2v) is 14.3. The summed E-state index contributed by atoms with van der Waals surface area (Å²) in [6.45, 7) is 3.27. The van der Waals surface area contributed by atoms with Crippen molar-refractivity contribution in [3.05, 3.63) is 71.8 Å². The fraction of sp³-hybridized carbons (Fsp3) is 0.486. The maximum Gasteiger partial charge on any atom is 0.245 e. The van der Waals surface area contributed by atoms with Crippen LogP contribution < -0.4 is 32.3 Å². The number of carbonyl (C=O) groups excluding carboxylic acids is 7. The Labute approximate surface area is 309 Å². The summed E-state index contributed by atoms with van der Waals surface area (Å²) >= 11 is 1.50. The van der Waals surface area contributed by atoms with Crippen molar-refractivity contribution >= 4 is 53.1 Å². The van der Waals surface area contributed by atoms with Gasteiger partial charge in [-0.2, -0.15) is 11.8 Å². The van der Waals surface area contributed by atoms with Crippen LogP contribution in [-0.2, 0) is 46.4 Å². The zero-order chi connectivity index (χ0) is 38.2. The molecule has 0 aromatic heterocycles. The second kappa shape index (κ2) is 20.8. The van der Waals surface area contributed by atoms with Crippen molar-refractivity contribution in [2.24, 2.45) is 11.7 Å². The Bertz CT molecular complexity index is 1540. The van der Waals surface area contributed by atoms with E-state index < -0.39 is 72.2 Å². The number of likely N-dealkylation sites (N-methyl/N-ethyl adjacent to an activating group) is 1. The Hall–Kier alpha value is -4.92. The molecule has 0 saturated carbocycles. The predicted molar refractivity (Wildman–Crippen MR) is 198 cm³/mol. The van der Waals surface area contributed by atoms with Crippen molar-refractivity contribution in [3.8, 4) is 0 Å². The molecule has 52 heavy (non-hydrogen) atoms. The fourth-order valence-corrected chi connectivity index (χ4v) is 6.27. The molecule has 0 aliphatic carbocycles. The average molecular weight is 738 g/mol. The van der Waals surface area contributed by atoms with Crippen LogP contribution in [0.2, 0.25) is 0 Å². The lowest BCUT2D eigenvalue weighted by Crippen LogP contribution is -2.58. The lowest BCUT2D eigenvalue weighted by atomic mass is 10.0. The highest BCUT2D eigenvalue weighted by Crippen LogP contribution is 2.14. The minimum Gasteiger partial charge on any atom is -0.368 e. The van der Waals surface area contributed by atoms with Crippen LogP contribution >= 0.6 is 11.8 Å². The van der Waals surface area contributed by atoms with Crippen molar-refractivity contribution in [1.29, 1.82) is 0 Å². The number of amides is 7. The van der Waals surface area contributed by atoms with Crippen LogP contribution in [-0.4, -0.2) is 102 Å². The topological polar surface area (TPSA) is 209 Å². The van der Waals surface area contributed by atoms with Crippen molar-refractivity contribution in [2.45, 2.75) is 82.6 Å². The molecular weight excluding hydrogens is 687 g/mol. The van der Waals surface area contributed by atoms with E-state index in [4.69, 9.17) is 5.73 Å². The minimum absolute atomic E-state index is 0.00745. The molecule has 1 saturated heterocycles. The fourth-order valence-electron chi connectivity index (χ4n) is 5.80. The molecule has 7 amide bonds. The number of nitrogens with zero attached hydrogens (tertiary/aromatic N) is 1. The van der Waals surface area contributed by atoms with Crippen molar-refractivity contribution < 1.29 is 33.6 Å². The Balaban J connectivity index is 1.77. The number of nitrogens with one attached hydrogen (secondary N) is 5. The van der Waals surface area contributed by atoms with Gasteiger partial charge in [-0.15, -0.1) is 0 Å². The van der Waals surface area contributed by atoms with E-state index in [0.29, 0.717) is 18.6 Å². The summed E-state index contributed by atoms with van der Waals surface area (Å²) < 4.78 is 0. The maximum atomic E-state index is 14.1. The summed E-state index contributed by atoms with van der Waals surface area (Å²) in [6.07, 6.45) is 3.22. The molecule has 1 aliphatic heterocycles. The molecular formula is C37H51N7O7S. The summed E-state index contributed by atoms with van der Waals surface area (Å²) in [5.41, 5.74) is 7.02. The van der Waals surface area contributed by atoms with Crippen LogP contribution in [0.1, 0.15) is 50.7 Å². The Morgan fingerprint density at radius 1 is 0.865 bits per heavy atom. The maximum absolute atomic E-state index is 14.1. The van der Waals surface area contributed by atoms with Crippen LogP contribution in [0.5, 0.6) is 0 Å². The van der Waals surface area contributed by atoms with E-state index in [1.165, 1.54) is 23.7 Å². The van der Waals surface area contributed by atoms with Gasteiger partial charge in [-0.3, -0.25) is 33.6 Å². The third-order valence-corrected chi connectivity index (χ3v) is 9.30. The van der Waals surface area contributed by atoms with Crippen LogP contribution in [0.25, 0.3) is 0 Å². The third kappa shape index (κ3) is 13.3. The van der Waals surface area contributed by atoms with Gasteiger partial charge >= 0.3 is 0 Å². The van der Waals surface area contributed by atoms with Crippen molar-refractivity contribution in [2.75, 3.05) is 25.6 Å². The lowest BCUT2D eigenvalue weighted by Gasteiger charge is -2.31. The van der Waals surface area contributed by atoms with E-state index in [1.54, 1.807) is 12.1 Å². The van der Waals surface area contributed by atoms with Gasteiger partial charge in [-0.25, -0.2) is 0 Å². The van der Waals surface area contributed by atoms with Gasteiger partial charge in [0, 0.05) is 26.3 Å². The number of carbonyl (C=O) groups is 7. The summed E-state index contributed by atoms with van der Waals surface area (Å²) in [4.78, 5) is 92.4. The monoisotopic (exact) mass is 737 g/mol. The Morgan fingerprint density at radius 2 is 1.48 bits per heavy atom. The number of nitrogens with two attached hydrogens (primary N) is 1. The van der Waals surface area contributed by atoms with E-state index >= 15 is 0 Å². The zero-order valence-corrected chi connectivity index (χ0v) is 31.0. The molecule has 1 fully saturated rings. The summed E-state index contributed by atoms with van der Waals surface area (Å²) in [6, 6.07) is 13.3. The van der Waals surface area contributed by atoms with E-state index in [2.05, 4.69) is 26.6 Å². The number of benzene rings is 2. The first-order chi connectivity index (χ1) is 24.8. The molecule has 0 unspecified atom stereocenters. The average Bonchev–Trinajstić information content (AvgIpc) is 3.56. The first-order valence-corrected chi connectivity index (χ1v) is 18.8. The van der Waals surface area contributed by atoms with Gasteiger partial charge in [-0.05, 0) is 48.3 Å². The third-order valence-electron chi connectivity index (χ3n) is 8.65. The van der Waals surface area contributed by atoms with Crippen molar-refractivity contribution in [3.63, 3.8) is 0 Å². The summed E-state index contributed by atoms with van der Waals surface area (Å²) in [5.74, 6) is -3.19. The second-order valence-electron chi connectivity index (χ2n) is 13.3. The zero-order valence-electron chi connectivity index (χ0n) is 30.2. The number of hydrogen-bond donors (Lipinski definition) is 6. The van der Waals surface area contributed by atoms with E-state index in [-0.39, 0.29) is 37.5 Å². The number of thioether (sulfide) groups is 1. The highest BCUT2D eigenvalue weighted by molar-refractivity contribution is 7.98. The van der Waals surface area contributed by atoms with Gasteiger partial charge in [0.2, 0.25) is 41.4 Å². The molecule has 1 heterocycles. The quantitative estimate of drug-likeness (QED) is 0.112. The molecule has 282 valence electrons. The van der Waals surface area contributed by atoms with Gasteiger partial charge in [0.1, 0.15) is 30.2 Å². The summed E-state index contributed by atoms with van der Waals surface area (Å²) in [7, 11) is 1.46. The molecule has 1 aliphatic rings. The largest absolute Gasteiger partial charge is 0.368 e. The predicted octanol–water partition coefficient (Wildman–Crippen LogP) is 0.433. The SMILES string of the molecule is CSCC[C@H](NC(=O)[C@H](CC(C)C)NC(=O)CNC(=O)[C@H](Cc1ccccc1)N(C)C(=O)[C@H](Cc1ccccc1)NC(=O)[C@@H]1CCC(=O)N1)C(N)=O. The summed E-state index contributed by atoms with van der Waals surface area (Å²) in [5, 5.41) is 13.3. The van der Waals surface area contributed by atoms with Gasteiger partial charge in [0.05, 0.1) is 6.54 Å². The van der Waals surface area contributed by atoms with Gasteiger partial charge in [-0.1, -0.05) is 74.5 Å². The first kappa shape index (κ1) is 41.5. The standard InChI is InChI=1S/C37H51N7O7S/c1-23(2)19-28(35(49)42-26(33(38)47)17-18-52-4)41-32(46)22-39-36(50)30(21-25-13-9-6-10-14-25)44(3)37(51)29(20-24-11-7-5-8-12-24)43-34(48)27-15-16-31(45)40-27/h5-14,23,26-30H,15-22H2,1-4H3,(H2,38,47)(H,39,50)(H,40,45)(H,41,46)(H,42,49)(H,43,48)/t26-,27-,28-,29-,30-/m0/s1. The molecule has 3 rings (SSSR count). The van der Waals surface area contributed by atoms with Crippen molar-refractivity contribution in [1.82, 2.24) is 31.5 Å². The smallest absolute Gasteiger partial charge is 0.245 e. The molecule has 7 N–H and O–H groups in total. The lowest BCUT2D eigenvalue weighted by molar-refractivity contribution is -0.142.